The second kappa shape index (κ2) is 5.40. The van der Waals surface area contributed by atoms with Crippen LogP contribution in [0.2, 0.25) is 0 Å². The van der Waals surface area contributed by atoms with Crippen LogP contribution in [0.3, 0.4) is 0 Å². The van der Waals surface area contributed by atoms with Crippen LogP contribution in [0.15, 0.2) is 40.9 Å². The van der Waals surface area contributed by atoms with Crippen LogP contribution in [0.4, 0.5) is 10.1 Å². The first kappa shape index (κ1) is 13.5. The molecule has 19 heavy (non-hydrogen) atoms. The molecule has 5 heteroatoms. The average Bonchev–Trinajstić information content (AvgIpc) is 2.32. The minimum Gasteiger partial charge on any atom is -0.454 e. The van der Waals surface area contributed by atoms with E-state index in [2.05, 4.69) is 15.9 Å². The van der Waals surface area contributed by atoms with Crippen molar-refractivity contribution in [2.24, 2.45) is 0 Å². The molecule has 0 heterocycles. The van der Waals surface area contributed by atoms with E-state index in [9.17, 15) is 9.18 Å². The normalized spacial score (nSPS) is 10.3. The maximum absolute atomic E-state index is 13.6. The molecule has 0 radical (unpaired) electrons. The molecule has 0 amide bonds. The maximum Gasteiger partial charge on any atom is 0.166 e. The van der Waals surface area contributed by atoms with Crippen molar-refractivity contribution in [1.29, 1.82) is 0 Å². The predicted molar refractivity (Wildman–Crippen MR) is 75.0 cm³/mol. The standard InChI is InChI=1S/C14H11BrFNO2/c1-8(18)11-4-3-10(7-13(11)17)19-14-5-2-9(15)6-12(14)16/h2-7H,17H2,1H3. The molecule has 2 aromatic carbocycles. The van der Waals surface area contributed by atoms with Gasteiger partial charge in [0, 0.05) is 21.8 Å². The van der Waals surface area contributed by atoms with Gasteiger partial charge in [0.25, 0.3) is 0 Å². The van der Waals surface area contributed by atoms with Crippen LogP contribution in [-0.2, 0) is 0 Å². The van der Waals surface area contributed by atoms with Crippen LogP contribution >= 0.6 is 15.9 Å². The van der Waals surface area contributed by atoms with Gasteiger partial charge in [-0.3, -0.25) is 4.79 Å². The summed E-state index contributed by atoms with van der Waals surface area (Å²) >= 11 is 3.17. The van der Waals surface area contributed by atoms with Crippen molar-refractivity contribution in [1.82, 2.24) is 0 Å². The fourth-order valence-electron chi connectivity index (χ4n) is 1.61. The monoisotopic (exact) mass is 323 g/mol. The lowest BCUT2D eigenvalue weighted by molar-refractivity contribution is 0.101. The van der Waals surface area contributed by atoms with Gasteiger partial charge in [0.05, 0.1) is 0 Å². The Labute approximate surface area is 118 Å². The lowest BCUT2D eigenvalue weighted by Crippen LogP contribution is -1.99. The maximum atomic E-state index is 13.6. The molecule has 0 aliphatic rings. The Morgan fingerprint density at radius 2 is 2.00 bits per heavy atom. The minimum atomic E-state index is -0.483. The van der Waals surface area contributed by atoms with E-state index in [1.54, 1.807) is 18.2 Å². The molecule has 2 aromatic rings. The molecule has 0 aromatic heterocycles. The van der Waals surface area contributed by atoms with Gasteiger partial charge < -0.3 is 10.5 Å². The number of nitrogens with two attached hydrogens (primary N) is 1. The molecule has 0 aliphatic heterocycles. The summed E-state index contributed by atoms with van der Waals surface area (Å²) in [7, 11) is 0. The van der Waals surface area contributed by atoms with Crippen LogP contribution in [0, 0.1) is 5.82 Å². The van der Waals surface area contributed by atoms with Crippen LogP contribution in [0.25, 0.3) is 0 Å². The molecule has 3 nitrogen and oxygen atoms in total. The summed E-state index contributed by atoms with van der Waals surface area (Å²) in [6.07, 6.45) is 0. The highest BCUT2D eigenvalue weighted by Crippen LogP contribution is 2.29. The highest BCUT2D eigenvalue weighted by molar-refractivity contribution is 9.10. The van der Waals surface area contributed by atoms with Crippen molar-refractivity contribution < 1.29 is 13.9 Å². The molecule has 0 saturated carbocycles. The zero-order valence-electron chi connectivity index (χ0n) is 10.1. The van der Waals surface area contributed by atoms with Crippen LogP contribution < -0.4 is 10.5 Å². The number of Topliss-reactive ketones (excluding diaryl/α,β-unsaturated/α-hetero) is 1. The van der Waals surface area contributed by atoms with E-state index in [1.165, 1.54) is 25.1 Å². The lowest BCUT2D eigenvalue weighted by atomic mass is 10.1. The van der Waals surface area contributed by atoms with E-state index in [1.807, 2.05) is 0 Å². The molecule has 2 N–H and O–H groups in total. The zero-order valence-corrected chi connectivity index (χ0v) is 11.7. The van der Waals surface area contributed by atoms with E-state index in [4.69, 9.17) is 10.5 Å². The van der Waals surface area contributed by atoms with E-state index in [0.29, 0.717) is 21.5 Å². The second-order valence-corrected chi connectivity index (χ2v) is 4.90. The van der Waals surface area contributed by atoms with Gasteiger partial charge in [-0.05, 0) is 37.3 Å². The summed E-state index contributed by atoms with van der Waals surface area (Å²) in [6, 6.07) is 9.12. The number of benzene rings is 2. The van der Waals surface area contributed by atoms with E-state index in [-0.39, 0.29) is 11.5 Å². The summed E-state index contributed by atoms with van der Waals surface area (Å²) < 4.78 is 19.6. The molecule has 0 fully saturated rings. The number of anilines is 1. The summed E-state index contributed by atoms with van der Waals surface area (Å²) in [5.74, 6) is -0.135. The van der Waals surface area contributed by atoms with Crippen LogP contribution in [-0.4, -0.2) is 5.78 Å². The molecule has 2 rings (SSSR count). The van der Waals surface area contributed by atoms with Gasteiger partial charge >= 0.3 is 0 Å². The highest BCUT2D eigenvalue weighted by Gasteiger charge is 2.09. The third-order valence-corrected chi connectivity index (χ3v) is 3.02. The Hall–Kier alpha value is -1.88. The number of carbonyl (C=O) groups is 1. The van der Waals surface area contributed by atoms with E-state index >= 15 is 0 Å². The third-order valence-electron chi connectivity index (χ3n) is 2.52. The molecule has 98 valence electrons. The number of carbonyl (C=O) groups excluding carboxylic acids is 1. The second-order valence-electron chi connectivity index (χ2n) is 3.98. The summed E-state index contributed by atoms with van der Waals surface area (Å²) in [4.78, 5) is 11.2. The number of hydrogen-bond donors (Lipinski definition) is 1. The Kier molecular flexibility index (Phi) is 3.85. The summed E-state index contributed by atoms with van der Waals surface area (Å²) in [5, 5.41) is 0. The first-order chi connectivity index (χ1) is 8.97. The van der Waals surface area contributed by atoms with Crippen molar-refractivity contribution in [2.45, 2.75) is 6.92 Å². The Morgan fingerprint density at radius 3 is 2.58 bits per heavy atom. The number of ether oxygens (including phenoxy) is 1. The lowest BCUT2D eigenvalue weighted by Gasteiger charge is -2.09. The predicted octanol–water partition coefficient (Wildman–Crippen LogP) is 4.17. The fourth-order valence-corrected chi connectivity index (χ4v) is 1.94. The first-order valence-electron chi connectivity index (χ1n) is 5.51. The molecule has 0 unspecified atom stereocenters. The van der Waals surface area contributed by atoms with Crippen LogP contribution in [0.1, 0.15) is 17.3 Å². The van der Waals surface area contributed by atoms with Gasteiger partial charge in [0.1, 0.15) is 5.75 Å². The quantitative estimate of drug-likeness (QED) is 0.681. The molecule has 0 saturated heterocycles. The zero-order chi connectivity index (χ0) is 14.0. The first-order valence-corrected chi connectivity index (χ1v) is 6.30. The largest absolute Gasteiger partial charge is 0.454 e. The molecule has 0 bridgehead atoms. The third kappa shape index (κ3) is 3.12. The fraction of sp³-hybridized carbons (Fsp3) is 0.0714. The van der Waals surface area contributed by atoms with Crippen molar-refractivity contribution in [3.63, 3.8) is 0 Å². The minimum absolute atomic E-state index is 0.0955. The molecule has 0 spiro atoms. The smallest absolute Gasteiger partial charge is 0.166 e. The van der Waals surface area contributed by atoms with E-state index in [0.717, 1.165) is 0 Å². The van der Waals surface area contributed by atoms with Crippen molar-refractivity contribution >= 4 is 27.4 Å². The summed E-state index contributed by atoms with van der Waals surface area (Å²) in [5.41, 5.74) is 6.46. The SMILES string of the molecule is CC(=O)c1ccc(Oc2ccc(Br)cc2F)cc1N. The number of nitrogen functional groups attached to an aromatic ring is 1. The molecule has 0 atom stereocenters. The Balaban J connectivity index is 2.29. The van der Waals surface area contributed by atoms with Gasteiger partial charge in [0.2, 0.25) is 0 Å². The molecular formula is C14H11BrFNO2. The number of ketones is 1. The molecular weight excluding hydrogens is 313 g/mol. The van der Waals surface area contributed by atoms with Gasteiger partial charge in [-0.25, -0.2) is 4.39 Å². The number of halogens is 2. The average molecular weight is 324 g/mol. The summed E-state index contributed by atoms with van der Waals surface area (Å²) in [6.45, 7) is 1.43. The van der Waals surface area contributed by atoms with Gasteiger partial charge in [-0.2, -0.15) is 0 Å². The van der Waals surface area contributed by atoms with Crippen molar-refractivity contribution in [2.75, 3.05) is 5.73 Å². The van der Waals surface area contributed by atoms with Crippen molar-refractivity contribution in [3.8, 4) is 11.5 Å². The van der Waals surface area contributed by atoms with Crippen LogP contribution in [0.5, 0.6) is 11.5 Å². The topological polar surface area (TPSA) is 52.3 Å². The highest BCUT2D eigenvalue weighted by atomic mass is 79.9. The Morgan fingerprint density at radius 1 is 1.26 bits per heavy atom. The number of rotatable bonds is 3. The van der Waals surface area contributed by atoms with Gasteiger partial charge in [-0.1, -0.05) is 15.9 Å². The van der Waals surface area contributed by atoms with Gasteiger partial charge in [0.15, 0.2) is 17.3 Å². The molecule has 0 aliphatic carbocycles. The Bertz CT molecular complexity index is 643. The van der Waals surface area contributed by atoms with Gasteiger partial charge in [-0.15, -0.1) is 0 Å². The van der Waals surface area contributed by atoms with E-state index < -0.39 is 5.82 Å². The van der Waals surface area contributed by atoms with Crippen molar-refractivity contribution in [3.05, 3.63) is 52.3 Å². The number of hydrogen-bond acceptors (Lipinski definition) is 3.